The van der Waals surface area contributed by atoms with E-state index in [2.05, 4.69) is 5.32 Å². The number of aromatic nitrogens is 1. The Morgan fingerprint density at radius 2 is 1.72 bits per heavy atom. The second-order valence-electron chi connectivity index (χ2n) is 7.75. The molecule has 0 bridgehead atoms. The highest BCUT2D eigenvalue weighted by atomic mass is 16.5. The number of carbonyl (C=O) groups excluding carboxylic acids is 2. The molecule has 2 aromatic carbocycles. The maximum absolute atomic E-state index is 13.5. The summed E-state index contributed by atoms with van der Waals surface area (Å²) in [6.07, 6.45) is 3.92. The molecule has 0 radical (unpaired) electrons. The van der Waals surface area contributed by atoms with E-state index in [1.165, 1.54) is 0 Å². The van der Waals surface area contributed by atoms with Gasteiger partial charge < -0.3 is 24.3 Å². The third-order valence-electron chi connectivity index (χ3n) is 5.95. The largest absolute Gasteiger partial charge is 0.493 e. The number of rotatable bonds is 7. The lowest BCUT2D eigenvalue weighted by Gasteiger charge is -2.40. The first kappa shape index (κ1) is 21.5. The summed E-state index contributed by atoms with van der Waals surface area (Å²) in [7, 11) is 4.88. The zero-order chi connectivity index (χ0) is 22.7. The first-order valence-corrected chi connectivity index (χ1v) is 10.5. The Hall–Kier alpha value is -3.74. The van der Waals surface area contributed by atoms with Gasteiger partial charge in [0.25, 0.3) is 5.91 Å². The van der Waals surface area contributed by atoms with E-state index < -0.39 is 12.0 Å². The lowest BCUT2D eigenvalue weighted by atomic mass is 9.79. The summed E-state index contributed by atoms with van der Waals surface area (Å²) in [5.74, 6) is 0.350. The van der Waals surface area contributed by atoms with E-state index >= 15 is 0 Å². The van der Waals surface area contributed by atoms with E-state index in [4.69, 9.17) is 9.47 Å². The predicted molar refractivity (Wildman–Crippen MR) is 121 cm³/mol. The lowest BCUT2D eigenvalue weighted by molar-refractivity contribution is -0.124. The molecule has 3 aromatic rings. The summed E-state index contributed by atoms with van der Waals surface area (Å²) in [6, 6.07) is 16.3. The molecule has 0 fully saturated rings. The van der Waals surface area contributed by atoms with Crippen molar-refractivity contribution in [1.82, 2.24) is 14.8 Å². The van der Waals surface area contributed by atoms with E-state index in [9.17, 15) is 9.59 Å². The second kappa shape index (κ2) is 9.18. The summed E-state index contributed by atoms with van der Waals surface area (Å²) in [4.78, 5) is 28.3. The third kappa shape index (κ3) is 3.93. The molecule has 0 saturated carbocycles. The zero-order valence-corrected chi connectivity index (χ0v) is 18.4. The monoisotopic (exact) mass is 433 g/mol. The molecule has 7 nitrogen and oxygen atoms in total. The zero-order valence-electron chi connectivity index (χ0n) is 18.4. The van der Waals surface area contributed by atoms with Crippen LogP contribution < -0.4 is 14.8 Å². The molecule has 4 rings (SSSR count). The number of amides is 2. The van der Waals surface area contributed by atoms with Gasteiger partial charge in [-0.1, -0.05) is 24.3 Å². The van der Waals surface area contributed by atoms with Crippen molar-refractivity contribution in [2.75, 3.05) is 27.8 Å². The molecule has 2 atom stereocenters. The van der Waals surface area contributed by atoms with E-state index in [-0.39, 0.29) is 11.8 Å². The third-order valence-corrected chi connectivity index (χ3v) is 5.95. The van der Waals surface area contributed by atoms with Crippen LogP contribution in [0.15, 0.2) is 67.0 Å². The van der Waals surface area contributed by atoms with Gasteiger partial charge in [-0.15, -0.1) is 0 Å². The Kier molecular flexibility index (Phi) is 6.16. The minimum atomic E-state index is -0.559. The number of ether oxygens (including phenoxy) is 2. The summed E-state index contributed by atoms with van der Waals surface area (Å²) >= 11 is 0. The van der Waals surface area contributed by atoms with Gasteiger partial charge in [0.15, 0.2) is 11.5 Å². The summed E-state index contributed by atoms with van der Waals surface area (Å²) < 4.78 is 12.8. The van der Waals surface area contributed by atoms with E-state index in [0.717, 1.165) is 11.1 Å². The Labute approximate surface area is 187 Å². The van der Waals surface area contributed by atoms with Crippen LogP contribution in [0.25, 0.3) is 0 Å². The van der Waals surface area contributed by atoms with Crippen LogP contribution in [-0.2, 0) is 11.3 Å². The quantitative estimate of drug-likeness (QED) is 0.621. The SMILES string of the molecule is COc1ccc([C@H]2[C@@H](C(=O)NCCn3cccc3)c3ccccc3C(=O)N2C)cc1OC. The highest BCUT2D eigenvalue weighted by Crippen LogP contribution is 2.43. The van der Waals surface area contributed by atoms with Gasteiger partial charge in [0, 0.05) is 38.1 Å². The smallest absolute Gasteiger partial charge is 0.254 e. The molecule has 2 amide bonds. The average molecular weight is 434 g/mol. The molecule has 1 aliphatic rings. The number of hydrogen-bond donors (Lipinski definition) is 1. The molecule has 7 heteroatoms. The Bertz CT molecular complexity index is 1110. The molecule has 0 aliphatic carbocycles. The van der Waals surface area contributed by atoms with Crippen LogP contribution in [0.5, 0.6) is 11.5 Å². The topological polar surface area (TPSA) is 72.8 Å². The van der Waals surface area contributed by atoms with Crippen molar-refractivity contribution in [1.29, 1.82) is 0 Å². The first-order valence-electron chi connectivity index (χ1n) is 10.5. The fourth-order valence-electron chi connectivity index (χ4n) is 4.35. The van der Waals surface area contributed by atoms with Crippen molar-refractivity contribution >= 4 is 11.8 Å². The number of hydrogen-bond acceptors (Lipinski definition) is 4. The van der Waals surface area contributed by atoms with Gasteiger partial charge >= 0.3 is 0 Å². The van der Waals surface area contributed by atoms with Crippen LogP contribution in [0, 0.1) is 0 Å². The number of benzene rings is 2. The van der Waals surface area contributed by atoms with Crippen molar-refractivity contribution in [3.63, 3.8) is 0 Å². The highest BCUT2D eigenvalue weighted by molar-refractivity contribution is 6.01. The van der Waals surface area contributed by atoms with Gasteiger partial charge in [0.2, 0.25) is 5.91 Å². The molecule has 1 aliphatic heterocycles. The Balaban J connectivity index is 1.71. The van der Waals surface area contributed by atoms with E-state index in [0.29, 0.717) is 30.2 Å². The van der Waals surface area contributed by atoms with Gasteiger partial charge in [-0.25, -0.2) is 0 Å². The molecule has 1 N–H and O–H groups in total. The van der Waals surface area contributed by atoms with Crippen LogP contribution >= 0.6 is 0 Å². The number of nitrogens with one attached hydrogen (secondary N) is 1. The van der Waals surface area contributed by atoms with Crippen LogP contribution in [0.4, 0.5) is 0 Å². The summed E-state index contributed by atoms with van der Waals surface area (Å²) in [5, 5.41) is 3.06. The Morgan fingerprint density at radius 3 is 2.44 bits per heavy atom. The molecule has 1 aromatic heterocycles. The standard InChI is InChI=1S/C25H27N3O4/c1-27-23(17-10-11-20(31-2)21(16-17)32-3)22(18-8-4-5-9-19(18)25(27)30)24(29)26-12-15-28-13-6-7-14-28/h4-11,13-14,16,22-23H,12,15H2,1-3H3,(H,26,29)/t22-,23-/m0/s1. The van der Waals surface area contributed by atoms with Crippen molar-refractivity contribution in [3.05, 3.63) is 83.7 Å². The Morgan fingerprint density at radius 1 is 1.00 bits per heavy atom. The van der Waals surface area contributed by atoms with Gasteiger partial charge in [0.05, 0.1) is 26.2 Å². The van der Waals surface area contributed by atoms with Crippen molar-refractivity contribution in [3.8, 4) is 11.5 Å². The maximum atomic E-state index is 13.5. The molecule has 2 heterocycles. The predicted octanol–water partition coefficient (Wildman–Crippen LogP) is 3.23. The summed E-state index contributed by atoms with van der Waals surface area (Å²) in [6.45, 7) is 1.16. The number of methoxy groups -OCH3 is 2. The van der Waals surface area contributed by atoms with Gasteiger partial charge in [0.1, 0.15) is 0 Å². The van der Waals surface area contributed by atoms with Crippen LogP contribution in [-0.4, -0.2) is 49.1 Å². The lowest BCUT2D eigenvalue weighted by Crippen LogP contribution is -2.46. The molecule has 0 unspecified atom stereocenters. The number of likely N-dealkylation sites (N-methyl/N-ethyl adjacent to an activating group) is 1. The average Bonchev–Trinajstić information content (AvgIpc) is 3.34. The van der Waals surface area contributed by atoms with Gasteiger partial charge in [-0.3, -0.25) is 9.59 Å². The van der Waals surface area contributed by atoms with Gasteiger partial charge in [-0.05, 0) is 41.5 Å². The number of carbonyl (C=O) groups is 2. The van der Waals surface area contributed by atoms with Crippen molar-refractivity contribution < 1.29 is 19.1 Å². The first-order chi connectivity index (χ1) is 15.5. The van der Waals surface area contributed by atoms with Crippen LogP contribution in [0.2, 0.25) is 0 Å². The van der Waals surface area contributed by atoms with Crippen LogP contribution in [0.3, 0.4) is 0 Å². The fourth-order valence-corrected chi connectivity index (χ4v) is 4.35. The fraction of sp³-hybridized carbons (Fsp3) is 0.280. The van der Waals surface area contributed by atoms with Crippen LogP contribution in [0.1, 0.15) is 33.4 Å². The minimum absolute atomic E-state index is 0.114. The molecular formula is C25H27N3O4. The normalized spacial score (nSPS) is 17.6. The molecule has 166 valence electrons. The van der Waals surface area contributed by atoms with Crippen molar-refractivity contribution in [2.45, 2.75) is 18.5 Å². The highest BCUT2D eigenvalue weighted by Gasteiger charge is 2.42. The number of nitrogens with zero attached hydrogens (tertiary/aromatic N) is 2. The van der Waals surface area contributed by atoms with Gasteiger partial charge in [-0.2, -0.15) is 0 Å². The van der Waals surface area contributed by atoms with E-state index in [1.807, 2.05) is 59.4 Å². The molecule has 32 heavy (non-hydrogen) atoms. The summed E-state index contributed by atoms with van der Waals surface area (Å²) in [5.41, 5.74) is 2.09. The van der Waals surface area contributed by atoms with Crippen molar-refractivity contribution in [2.24, 2.45) is 0 Å². The molecule has 0 saturated heterocycles. The molecule has 0 spiro atoms. The van der Waals surface area contributed by atoms with E-state index in [1.54, 1.807) is 38.3 Å². The number of fused-ring (bicyclic) bond motifs is 1. The maximum Gasteiger partial charge on any atom is 0.254 e. The minimum Gasteiger partial charge on any atom is -0.493 e. The second-order valence-corrected chi connectivity index (χ2v) is 7.75. The molecular weight excluding hydrogens is 406 g/mol.